The van der Waals surface area contributed by atoms with Crippen molar-refractivity contribution in [3.8, 4) is 0 Å². The van der Waals surface area contributed by atoms with Crippen molar-refractivity contribution in [2.24, 2.45) is 0 Å². The summed E-state index contributed by atoms with van der Waals surface area (Å²) in [6, 6.07) is 13.7. The quantitative estimate of drug-likeness (QED) is 0.773. The number of hydrogen-bond acceptors (Lipinski definition) is 2. The van der Waals surface area contributed by atoms with E-state index in [0.717, 1.165) is 5.75 Å². The zero-order valence-corrected chi connectivity index (χ0v) is 13.8. The number of thioether (sulfide) groups is 1. The lowest BCUT2D eigenvalue weighted by Crippen LogP contribution is -2.30. The first-order chi connectivity index (χ1) is 10.1. The van der Waals surface area contributed by atoms with Crippen LogP contribution in [0.1, 0.15) is 11.1 Å². The van der Waals surface area contributed by atoms with E-state index in [0.29, 0.717) is 12.0 Å². The van der Waals surface area contributed by atoms with Gasteiger partial charge in [-0.3, -0.25) is 0 Å². The molecule has 0 radical (unpaired) electrons. The highest BCUT2D eigenvalue weighted by molar-refractivity contribution is 7.99. The summed E-state index contributed by atoms with van der Waals surface area (Å²) >= 11 is 7.62. The zero-order valence-electron chi connectivity index (χ0n) is 12.2. The zero-order chi connectivity index (χ0) is 15.2. The molecule has 0 aliphatic carbocycles. The van der Waals surface area contributed by atoms with Gasteiger partial charge in [-0.1, -0.05) is 41.9 Å². The van der Waals surface area contributed by atoms with E-state index in [-0.39, 0.29) is 16.9 Å². The number of aryl methyl sites for hydroxylation is 1. The standard InChI is InChI=1S/C17H19ClFNS/c1-12-6-3-4-9-16(12)21-11-14(20-2)10-13-7-5-8-15(18)17(13)19/h3-9,14,20H,10-11H2,1-2H3. The van der Waals surface area contributed by atoms with Crippen molar-refractivity contribution in [3.05, 3.63) is 64.4 Å². The second-order valence-electron chi connectivity index (χ2n) is 4.98. The van der Waals surface area contributed by atoms with Crippen molar-refractivity contribution in [2.75, 3.05) is 12.8 Å². The molecule has 2 aromatic carbocycles. The van der Waals surface area contributed by atoms with E-state index in [1.54, 1.807) is 30.0 Å². The van der Waals surface area contributed by atoms with Gasteiger partial charge < -0.3 is 5.32 Å². The summed E-state index contributed by atoms with van der Waals surface area (Å²) in [6.45, 7) is 2.10. The smallest absolute Gasteiger partial charge is 0.145 e. The van der Waals surface area contributed by atoms with Crippen LogP contribution in [-0.4, -0.2) is 18.8 Å². The maximum absolute atomic E-state index is 14.0. The largest absolute Gasteiger partial charge is 0.316 e. The lowest BCUT2D eigenvalue weighted by atomic mass is 10.1. The highest BCUT2D eigenvalue weighted by Crippen LogP contribution is 2.24. The van der Waals surface area contributed by atoms with E-state index in [1.807, 2.05) is 19.2 Å². The molecule has 0 bridgehead atoms. The van der Waals surface area contributed by atoms with E-state index in [2.05, 4.69) is 24.4 Å². The minimum atomic E-state index is -0.305. The van der Waals surface area contributed by atoms with Crippen LogP contribution < -0.4 is 5.32 Å². The summed E-state index contributed by atoms with van der Waals surface area (Å²) in [5, 5.41) is 3.45. The molecule has 2 aromatic rings. The molecule has 0 saturated carbocycles. The van der Waals surface area contributed by atoms with Gasteiger partial charge >= 0.3 is 0 Å². The van der Waals surface area contributed by atoms with Gasteiger partial charge in [0, 0.05) is 16.7 Å². The maximum Gasteiger partial charge on any atom is 0.145 e. The Kier molecular flexibility index (Phi) is 6.09. The topological polar surface area (TPSA) is 12.0 Å². The van der Waals surface area contributed by atoms with E-state index in [1.165, 1.54) is 10.5 Å². The second kappa shape index (κ2) is 7.83. The van der Waals surface area contributed by atoms with Gasteiger partial charge in [0.2, 0.25) is 0 Å². The third kappa shape index (κ3) is 4.47. The Labute approximate surface area is 134 Å². The molecular formula is C17H19ClFNS. The summed E-state index contributed by atoms with van der Waals surface area (Å²) < 4.78 is 14.0. The first-order valence-corrected chi connectivity index (χ1v) is 8.26. The van der Waals surface area contributed by atoms with Gasteiger partial charge in [0.15, 0.2) is 0 Å². The van der Waals surface area contributed by atoms with E-state index < -0.39 is 0 Å². The monoisotopic (exact) mass is 323 g/mol. The molecule has 21 heavy (non-hydrogen) atoms. The first kappa shape index (κ1) is 16.3. The molecule has 0 saturated heterocycles. The molecule has 4 heteroatoms. The molecule has 0 aliphatic heterocycles. The molecule has 0 aromatic heterocycles. The summed E-state index contributed by atoms with van der Waals surface area (Å²) in [6.07, 6.45) is 0.627. The van der Waals surface area contributed by atoms with Crippen LogP contribution in [0.25, 0.3) is 0 Å². The van der Waals surface area contributed by atoms with Crippen LogP contribution in [-0.2, 0) is 6.42 Å². The molecule has 0 heterocycles. The highest BCUT2D eigenvalue weighted by Gasteiger charge is 2.13. The lowest BCUT2D eigenvalue weighted by Gasteiger charge is -2.17. The fourth-order valence-electron chi connectivity index (χ4n) is 2.12. The van der Waals surface area contributed by atoms with Crippen molar-refractivity contribution >= 4 is 23.4 Å². The van der Waals surface area contributed by atoms with Crippen LogP contribution in [0, 0.1) is 12.7 Å². The third-order valence-corrected chi connectivity index (χ3v) is 5.07. The molecule has 0 fully saturated rings. The van der Waals surface area contributed by atoms with Crippen molar-refractivity contribution in [1.29, 1.82) is 0 Å². The van der Waals surface area contributed by atoms with Crippen LogP contribution in [0.3, 0.4) is 0 Å². The van der Waals surface area contributed by atoms with Gasteiger partial charge in [-0.05, 0) is 43.7 Å². The Morgan fingerprint density at radius 2 is 1.95 bits per heavy atom. The average molecular weight is 324 g/mol. The summed E-state index contributed by atoms with van der Waals surface area (Å²) in [5.41, 5.74) is 1.93. The maximum atomic E-state index is 14.0. The second-order valence-corrected chi connectivity index (χ2v) is 6.45. The number of hydrogen-bond donors (Lipinski definition) is 1. The molecule has 0 spiro atoms. The Hall–Kier alpha value is -1.03. The summed E-state index contributed by atoms with van der Waals surface area (Å²) in [7, 11) is 1.91. The molecule has 0 amide bonds. The normalized spacial score (nSPS) is 12.4. The van der Waals surface area contributed by atoms with Gasteiger partial charge in [-0.2, -0.15) is 0 Å². The van der Waals surface area contributed by atoms with Crippen LogP contribution in [0.2, 0.25) is 5.02 Å². The van der Waals surface area contributed by atoms with Crippen LogP contribution in [0.4, 0.5) is 4.39 Å². The van der Waals surface area contributed by atoms with E-state index in [9.17, 15) is 4.39 Å². The van der Waals surface area contributed by atoms with Crippen molar-refractivity contribution in [3.63, 3.8) is 0 Å². The number of rotatable bonds is 6. The van der Waals surface area contributed by atoms with Crippen molar-refractivity contribution in [1.82, 2.24) is 5.32 Å². The first-order valence-electron chi connectivity index (χ1n) is 6.90. The minimum Gasteiger partial charge on any atom is -0.316 e. The molecule has 1 unspecified atom stereocenters. The predicted molar refractivity (Wildman–Crippen MR) is 89.9 cm³/mol. The Balaban J connectivity index is 2.01. The van der Waals surface area contributed by atoms with Crippen LogP contribution in [0.15, 0.2) is 47.4 Å². The molecule has 112 valence electrons. The van der Waals surface area contributed by atoms with Crippen LogP contribution in [0.5, 0.6) is 0 Å². The van der Waals surface area contributed by atoms with E-state index >= 15 is 0 Å². The summed E-state index contributed by atoms with van der Waals surface area (Å²) in [4.78, 5) is 1.27. The molecule has 1 atom stereocenters. The Bertz CT molecular complexity index is 603. The van der Waals surface area contributed by atoms with Gasteiger partial charge in [0.1, 0.15) is 5.82 Å². The molecule has 0 aliphatic rings. The van der Waals surface area contributed by atoms with Gasteiger partial charge in [0.25, 0.3) is 0 Å². The number of benzene rings is 2. The third-order valence-electron chi connectivity index (χ3n) is 3.44. The molecule has 2 rings (SSSR count). The van der Waals surface area contributed by atoms with Crippen molar-refractivity contribution < 1.29 is 4.39 Å². The average Bonchev–Trinajstić information content (AvgIpc) is 2.49. The van der Waals surface area contributed by atoms with E-state index in [4.69, 9.17) is 11.6 Å². The number of nitrogens with one attached hydrogen (secondary N) is 1. The molecular weight excluding hydrogens is 305 g/mol. The fraction of sp³-hybridized carbons (Fsp3) is 0.294. The SMILES string of the molecule is CNC(CSc1ccccc1C)Cc1cccc(Cl)c1F. The number of likely N-dealkylation sites (N-methyl/N-ethyl adjacent to an activating group) is 1. The summed E-state index contributed by atoms with van der Waals surface area (Å²) in [5.74, 6) is 0.577. The van der Waals surface area contributed by atoms with Crippen molar-refractivity contribution in [2.45, 2.75) is 24.3 Å². The van der Waals surface area contributed by atoms with Gasteiger partial charge in [-0.15, -0.1) is 11.8 Å². The lowest BCUT2D eigenvalue weighted by molar-refractivity contribution is 0.568. The van der Waals surface area contributed by atoms with Gasteiger partial charge in [0.05, 0.1) is 5.02 Å². The Morgan fingerprint density at radius 1 is 1.19 bits per heavy atom. The Morgan fingerprint density at radius 3 is 2.67 bits per heavy atom. The van der Waals surface area contributed by atoms with Gasteiger partial charge in [-0.25, -0.2) is 4.39 Å². The molecule has 1 N–H and O–H groups in total. The highest BCUT2D eigenvalue weighted by atomic mass is 35.5. The molecule has 1 nitrogen and oxygen atoms in total. The minimum absolute atomic E-state index is 0.189. The van der Waals surface area contributed by atoms with Crippen LogP contribution >= 0.6 is 23.4 Å². The number of halogens is 2. The fourth-order valence-corrected chi connectivity index (χ4v) is 3.45. The predicted octanol–water partition coefficient (Wildman–Crippen LogP) is 4.71.